The monoisotopic (exact) mass is 391 g/mol. The van der Waals surface area contributed by atoms with E-state index >= 15 is 0 Å². The van der Waals surface area contributed by atoms with Crippen LogP contribution < -0.4 is 19.9 Å². The quantitative estimate of drug-likeness (QED) is 0.704. The Morgan fingerprint density at radius 2 is 1.72 bits per heavy atom. The number of hydrogen-bond acceptors (Lipinski definition) is 8. The molecule has 0 bridgehead atoms. The lowest BCUT2D eigenvalue weighted by molar-refractivity contribution is 0.102. The summed E-state index contributed by atoms with van der Waals surface area (Å²) in [4.78, 5) is 33.9. The van der Waals surface area contributed by atoms with Crippen LogP contribution in [-0.2, 0) is 0 Å². The number of nitrogens with zero attached hydrogens (tertiary/aromatic N) is 6. The predicted octanol–water partition coefficient (Wildman–Crippen LogP) is 1.85. The molecule has 29 heavy (non-hydrogen) atoms. The van der Waals surface area contributed by atoms with Crippen LogP contribution in [0.1, 0.15) is 10.4 Å². The number of aromatic nitrogens is 4. The molecule has 1 aliphatic heterocycles. The van der Waals surface area contributed by atoms with Gasteiger partial charge < -0.3 is 19.9 Å². The van der Waals surface area contributed by atoms with E-state index in [4.69, 9.17) is 4.74 Å². The molecule has 1 fully saturated rings. The van der Waals surface area contributed by atoms with Crippen molar-refractivity contribution in [2.45, 2.75) is 0 Å². The predicted molar refractivity (Wildman–Crippen MR) is 109 cm³/mol. The van der Waals surface area contributed by atoms with Gasteiger partial charge in [-0.25, -0.2) is 19.9 Å². The van der Waals surface area contributed by atoms with Crippen LogP contribution in [0.5, 0.6) is 5.88 Å². The molecule has 4 rings (SSSR count). The van der Waals surface area contributed by atoms with Crippen molar-refractivity contribution in [3.05, 3.63) is 60.7 Å². The maximum absolute atomic E-state index is 12.4. The van der Waals surface area contributed by atoms with Gasteiger partial charge in [0.25, 0.3) is 5.91 Å². The minimum atomic E-state index is -0.272. The van der Waals surface area contributed by atoms with Gasteiger partial charge in [0.1, 0.15) is 5.82 Å². The smallest absolute Gasteiger partial charge is 0.255 e. The molecule has 0 spiro atoms. The highest BCUT2D eigenvalue weighted by Crippen LogP contribution is 2.17. The van der Waals surface area contributed by atoms with Crippen LogP contribution in [-0.4, -0.2) is 59.1 Å². The average Bonchev–Trinajstić information content (AvgIpc) is 2.80. The van der Waals surface area contributed by atoms with Crippen molar-refractivity contribution < 1.29 is 9.53 Å². The van der Waals surface area contributed by atoms with Gasteiger partial charge >= 0.3 is 0 Å². The number of methoxy groups -OCH3 is 1. The molecule has 9 heteroatoms. The van der Waals surface area contributed by atoms with E-state index in [9.17, 15) is 4.79 Å². The van der Waals surface area contributed by atoms with E-state index in [2.05, 4.69) is 35.1 Å². The molecular weight excluding hydrogens is 370 g/mol. The van der Waals surface area contributed by atoms with Gasteiger partial charge in [0.05, 0.1) is 25.2 Å². The van der Waals surface area contributed by atoms with Crippen LogP contribution in [0, 0.1) is 0 Å². The van der Waals surface area contributed by atoms with Gasteiger partial charge in [-0.1, -0.05) is 6.07 Å². The summed E-state index contributed by atoms with van der Waals surface area (Å²) >= 11 is 0. The zero-order valence-corrected chi connectivity index (χ0v) is 16.0. The Hall–Kier alpha value is -3.75. The Balaban J connectivity index is 1.35. The molecule has 1 aliphatic rings. The van der Waals surface area contributed by atoms with E-state index in [-0.39, 0.29) is 5.91 Å². The highest BCUT2D eigenvalue weighted by Gasteiger charge is 2.20. The van der Waals surface area contributed by atoms with Crippen molar-refractivity contribution in [2.75, 3.05) is 48.4 Å². The molecule has 0 radical (unpaired) electrons. The molecule has 0 aromatic carbocycles. The van der Waals surface area contributed by atoms with Crippen molar-refractivity contribution in [2.24, 2.45) is 0 Å². The van der Waals surface area contributed by atoms with Crippen LogP contribution in [0.2, 0.25) is 0 Å². The summed E-state index contributed by atoms with van der Waals surface area (Å²) in [5.74, 6) is 1.74. The molecule has 3 aromatic rings. The molecule has 148 valence electrons. The van der Waals surface area contributed by atoms with Gasteiger partial charge in [-0.2, -0.15) is 0 Å². The fourth-order valence-corrected chi connectivity index (χ4v) is 3.09. The largest absolute Gasteiger partial charge is 0.481 e. The number of nitrogens with one attached hydrogen (secondary N) is 1. The summed E-state index contributed by atoms with van der Waals surface area (Å²) in [6.07, 6.45) is 6.56. The standard InChI is InChI=1S/C20H21N7O2/c1-29-18-12-15(5-7-22-18)19(28)25-16-13-23-20(24-14-16)27-10-8-26(9-11-27)17-4-2-3-6-21-17/h2-7,12-14H,8-11H2,1H3,(H,25,28). The summed E-state index contributed by atoms with van der Waals surface area (Å²) in [6.45, 7) is 3.31. The van der Waals surface area contributed by atoms with Gasteiger partial charge in [0, 0.05) is 50.2 Å². The average molecular weight is 391 g/mol. The number of ether oxygens (including phenoxy) is 1. The minimum Gasteiger partial charge on any atom is -0.481 e. The first-order valence-electron chi connectivity index (χ1n) is 9.27. The third-order valence-electron chi connectivity index (χ3n) is 4.64. The topological polar surface area (TPSA) is 96.4 Å². The number of carbonyl (C=O) groups excluding carboxylic acids is 1. The lowest BCUT2D eigenvalue weighted by Gasteiger charge is -2.35. The number of amides is 1. The number of anilines is 3. The Bertz CT molecular complexity index is 958. The number of piperazine rings is 1. The van der Waals surface area contributed by atoms with Gasteiger partial charge in [0.15, 0.2) is 0 Å². The van der Waals surface area contributed by atoms with Crippen LogP contribution in [0.3, 0.4) is 0 Å². The second kappa shape index (κ2) is 8.51. The van der Waals surface area contributed by atoms with E-state index in [1.807, 2.05) is 18.2 Å². The fourth-order valence-electron chi connectivity index (χ4n) is 3.09. The molecule has 3 aromatic heterocycles. The van der Waals surface area contributed by atoms with Gasteiger partial charge in [0.2, 0.25) is 11.8 Å². The lowest BCUT2D eigenvalue weighted by Crippen LogP contribution is -2.47. The number of hydrogen-bond donors (Lipinski definition) is 1. The molecule has 4 heterocycles. The SMILES string of the molecule is COc1cc(C(=O)Nc2cnc(N3CCN(c4ccccn4)CC3)nc2)ccn1. The van der Waals surface area contributed by atoms with Crippen LogP contribution >= 0.6 is 0 Å². The first-order valence-corrected chi connectivity index (χ1v) is 9.27. The molecule has 0 unspecified atom stereocenters. The zero-order chi connectivity index (χ0) is 20.1. The summed E-state index contributed by atoms with van der Waals surface area (Å²) in [5, 5.41) is 2.79. The first kappa shape index (κ1) is 18.6. The summed E-state index contributed by atoms with van der Waals surface area (Å²) in [6, 6.07) is 9.12. The van der Waals surface area contributed by atoms with Crippen LogP contribution in [0.25, 0.3) is 0 Å². The molecule has 0 atom stereocenters. The van der Waals surface area contributed by atoms with Crippen molar-refractivity contribution in [1.82, 2.24) is 19.9 Å². The number of carbonyl (C=O) groups is 1. The first-order chi connectivity index (χ1) is 14.2. The molecule has 0 aliphatic carbocycles. The zero-order valence-electron chi connectivity index (χ0n) is 16.0. The second-order valence-corrected chi connectivity index (χ2v) is 6.47. The molecule has 0 saturated carbocycles. The minimum absolute atomic E-state index is 0.272. The van der Waals surface area contributed by atoms with Gasteiger partial charge in [-0.05, 0) is 18.2 Å². The third kappa shape index (κ3) is 4.40. The third-order valence-corrected chi connectivity index (χ3v) is 4.64. The molecule has 1 amide bonds. The van der Waals surface area contributed by atoms with Crippen molar-refractivity contribution in [3.63, 3.8) is 0 Å². The lowest BCUT2D eigenvalue weighted by atomic mass is 10.2. The van der Waals surface area contributed by atoms with Gasteiger partial charge in [-0.15, -0.1) is 0 Å². The van der Waals surface area contributed by atoms with E-state index in [0.717, 1.165) is 32.0 Å². The van der Waals surface area contributed by atoms with E-state index in [1.54, 1.807) is 30.7 Å². The van der Waals surface area contributed by atoms with E-state index in [1.165, 1.54) is 13.3 Å². The maximum Gasteiger partial charge on any atom is 0.255 e. The maximum atomic E-state index is 12.4. The highest BCUT2D eigenvalue weighted by atomic mass is 16.5. The molecule has 1 saturated heterocycles. The molecular formula is C20H21N7O2. The Morgan fingerprint density at radius 1 is 0.966 bits per heavy atom. The fraction of sp³-hybridized carbons (Fsp3) is 0.250. The van der Waals surface area contributed by atoms with Crippen LogP contribution in [0.15, 0.2) is 55.1 Å². The van der Waals surface area contributed by atoms with Crippen molar-refractivity contribution in [1.29, 1.82) is 0 Å². The summed E-state index contributed by atoms with van der Waals surface area (Å²) in [7, 11) is 1.51. The summed E-state index contributed by atoms with van der Waals surface area (Å²) < 4.78 is 5.05. The molecule has 1 N–H and O–H groups in total. The van der Waals surface area contributed by atoms with E-state index in [0.29, 0.717) is 23.1 Å². The van der Waals surface area contributed by atoms with Gasteiger partial charge in [-0.3, -0.25) is 4.79 Å². The van der Waals surface area contributed by atoms with Crippen LogP contribution in [0.4, 0.5) is 17.5 Å². The molecule has 9 nitrogen and oxygen atoms in total. The van der Waals surface area contributed by atoms with Crippen molar-refractivity contribution >= 4 is 23.4 Å². The van der Waals surface area contributed by atoms with Crippen molar-refractivity contribution in [3.8, 4) is 5.88 Å². The highest BCUT2D eigenvalue weighted by molar-refractivity contribution is 6.04. The Labute approximate surface area is 168 Å². The Morgan fingerprint density at radius 3 is 2.41 bits per heavy atom. The van der Waals surface area contributed by atoms with E-state index < -0.39 is 0 Å². The number of pyridine rings is 2. The second-order valence-electron chi connectivity index (χ2n) is 6.47. The Kier molecular flexibility index (Phi) is 5.46. The normalized spacial score (nSPS) is 13.8. The number of rotatable bonds is 5. The summed E-state index contributed by atoms with van der Waals surface area (Å²) in [5.41, 5.74) is 0.980.